The first kappa shape index (κ1) is 20.0. The van der Waals surface area contributed by atoms with Gasteiger partial charge in [0.2, 0.25) is 5.91 Å². The first-order valence-corrected chi connectivity index (χ1v) is 9.42. The Morgan fingerprint density at radius 3 is 2.32 bits per heavy atom. The third kappa shape index (κ3) is 5.16. The van der Waals surface area contributed by atoms with Gasteiger partial charge in [-0.2, -0.15) is 13.2 Å². The van der Waals surface area contributed by atoms with E-state index in [2.05, 4.69) is 10.3 Å². The normalized spacial score (nSPS) is 12.6. The van der Waals surface area contributed by atoms with Crippen molar-refractivity contribution >= 4 is 23.4 Å². The predicted molar refractivity (Wildman–Crippen MR) is 104 cm³/mol. The van der Waals surface area contributed by atoms with Gasteiger partial charge in [0.1, 0.15) is 6.54 Å². The third-order valence-electron chi connectivity index (χ3n) is 3.92. The maximum absolute atomic E-state index is 13.1. The number of imidazole rings is 1. The fourth-order valence-electron chi connectivity index (χ4n) is 2.60. The van der Waals surface area contributed by atoms with Gasteiger partial charge in [-0.25, -0.2) is 4.98 Å². The zero-order valence-electron chi connectivity index (χ0n) is 15.0. The molecule has 4 nitrogen and oxygen atoms in total. The van der Waals surface area contributed by atoms with E-state index in [4.69, 9.17) is 0 Å². The molecule has 1 amide bonds. The van der Waals surface area contributed by atoms with Crippen LogP contribution in [-0.4, -0.2) is 26.9 Å². The minimum Gasteiger partial charge on any atom is -0.325 e. The Morgan fingerprint density at radius 2 is 1.71 bits per heavy atom. The number of hydrogen-bond donors (Lipinski definition) is 1. The molecule has 1 unspecified atom stereocenters. The van der Waals surface area contributed by atoms with Gasteiger partial charge < -0.3 is 9.88 Å². The second kappa shape index (κ2) is 8.52. The molecule has 0 aliphatic rings. The molecule has 0 saturated carbocycles. The van der Waals surface area contributed by atoms with Crippen molar-refractivity contribution in [2.45, 2.75) is 30.1 Å². The number of halogens is 3. The van der Waals surface area contributed by atoms with Crippen LogP contribution in [-0.2, 0) is 11.3 Å². The number of thioether (sulfide) groups is 1. The van der Waals surface area contributed by atoms with Crippen molar-refractivity contribution in [2.75, 3.05) is 5.32 Å². The summed E-state index contributed by atoms with van der Waals surface area (Å²) in [6, 6.07) is 17.6. The molecular formula is C20H18F3N3OS. The van der Waals surface area contributed by atoms with E-state index in [0.717, 1.165) is 16.3 Å². The van der Waals surface area contributed by atoms with Crippen molar-refractivity contribution in [2.24, 2.45) is 0 Å². The fraction of sp³-hybridized carbons (Fsp3) is 0.200. The Labute approximate surface area is 164 Å². The van der Waals surface area contributed by atoms with Gasteiger partial charge in [0.15, 0.2) is 5.16 Å². The molecule has 28 heavy (non-hydrogen) atoms. The summed E-state index contributed by atoms with van der Waals surface area (Å²) >= 11 is 0.994. The van der Waals surface area contributed by atoms with E-state index in [1.54, 1.807) is 61.5 Å². The van der Waals surface area contributed by atoms with Crippen molar-refractivity contribution in [3.8, 4) is 11.3 Å². The molecule has 0 aliphatic carbocycles. The number of amides is 1. The van der Waals surface area contributed by atoms with Crippen molar-refractivity contribution in [1.29, 1.82) is 0 Å². The van der Waals surface area contributed by atoms with E-state index in [0.29, 0.717) is 16.9 Å². The number of alkyl halides is 3. The van der Waals surface area contributed by atoms with Crippen LogP contribution >= 0.6 is 11.8 Å². The average molecular weight is 405 g/mol. The lowest BCUT2D eigenvalue weighted by Gasteiger charge is -2.16. The van der Waals surface area contributed by atoms with Gasteiger partial charge in [-0.15, -0.1) is 0 Å². The Morgan fingerprint density at radius 1 is 1.11 bits per heavy atom. The minimum absolute atomic E-state index is 0.145. The minimum atomic E-state index is -4.41. The van der Waals surface area contributed by atoms with Crippen molar-refractivity contribution in [3.63, 3.8) is 0 Å². The highest BCUT2D eigenvalue weighted by Gasteiger charge is 2.31. The summed E-state index contributed by atoms with van der Waals surface area (Å²) in [4.78, 5) is 16.6. The van der Waals surface area contributed by atoms with Crippen LogP contribution < -0.4 is 5.32 Å². The number of hydrogen-bond acceptors (Lipinski definition) is 3. The molecular weight excluding hydrogens is 387 g/mol. The maximum atomic E-state index is 13.1. The van der Waals surface area contributed by atoms with E-state index in [9.17, 15) is 18.0 Å². The predicted octanol–water partition coefficient (Wildman–Crippen LogP) is 5.23. The standard InChI is InChI=1S/C20H18F3N3OS/c1-14(18(27)25-16-10-6-3-7-11-16)28-19-24-12-17(15-8-4-2-5-9-15)26(19)13-20(21,22)23/h2-12,14H,13H2,1H3,(H,25,27). The summed E-state index contributed by atoms with van der Waals surface area (Å²) in [7, 11) is 0. The van der Waals surface area contributed by atoms with Crippen LogP contribution in [0.5, 0.6) is 0 Å². The molecule has 0 saturated heterocycles. The molecule has 0 radical (unpaired) electrons. The molecule has 1 N–H and O–H groups in total. The molecule has 0 bridgehead atoms. The van der Waals surface area contributed by atoms with Crippen LogP contribution in [0.4, 0.5) is 18.9 Å². The number of nitrogens with one attached hydrogen (secondary N) is 1. The number of carbonyl (C=O) groups is 1. The zero-order valence-corrected chi connectivity index (χ0v) is 15.8. The highest BCUT2D eigenvalue weighted by molar-refractivity contribution is 8.00. The van der Waals surface area contributed by atoms with Crippen molar-refractivity contribution in [1.82, 2.24) is 9.55 Å². The molecule has 2 aromatic carbocycles. The number of anilines is 1. The Bertz CT molecular complexity index is 927. The summed E-state index contributed by atoms with van der Waals surface area (Å²) in [5.41, 5.74) is 1.62. The summed E-state index contributed by atoms with van der Waals surface area (Å²) in [5, 5.41) is 2.27. The van der Waals surface area contributed by atoms with Gasteiger partial charge in [-0.3, -0.25) is 4.79 Å². The number of nitrogens with zero attached hydrogens (tertiary/aromatic N) is 2. The van der Waals surface area contributed by atoms with Crippen molar-refractivity contribution in [3.05, 3.63) is 66.9 Å². The Hall–Kier alpha value is -2.74. The highest BCUT2D eigenvalue weighted by Crippen LogP contribution is 2.32. The summed E-state index contributed by atoms with van der Waals surface area (Å²) in [6.45, 7) is 0.463. The summed E-state index contributed by atoms with van der Waals surface area (Å²) in [6.07, 6.45) is -3.00. The van der Waals surface area contributed by atoms with Crippen LogP contribution in [0.25, 0.3) is 11.3 Å². The zero-order chi connectivity index (χ0) is 20.1. The van der Waals surface area contributed by atoms with Crippen molar-refractivity contribution < 1.29 is 18.0 Å². The van der Waals surface area contributed by atoms with E-state index >= 15 is 0 Å². The van der Waals surface area contributed by atoms with Gasteiger partial charge in [0, 0.05) is 5.69 Å². The number of benzene rings is 2. The molecule has 3 rings (SSSR count). The second-order valence-electron chi connectivity index (χ2n) is 6.11. The van der Waals surface area contributed by atoms with Crippen LogP contribution in [0.2, 0.25) is 0 Å². The topological polar surface area (TPSA) is 46.9 Å². The van der Waals surface area contributed by atoms with Crippen LogP contribution in [0, 0.1) is 0 Å². The lowest BCUT2D eigenvalue weighted by atomic mass is 10.2. The van der Waals surface area contributed by atoms with Crippen LogP contribution in [0.1, 0.15) is 6.92 Å². The van der Waals surface area contributed by atoms with Gasteiger partial charge in [0.25, 0.3) is 0 Å². The summed E-state index contributed by atoms with van der Waals surface area (Å²) < 4.78 is 40.5. The SMILES string of the molecule is CC(Sc1ncc(-c2ccccc2)n1CC(F)(F)F)C(=O)Nc1ccccc1. The van der Waals surface area contributed by atoms with Gasteiger partial charge >= 0.3 is 6.18 Å². The van der Waals surface area contributed by atoms with Gasteiger partial charge in [-0.1, -0.05) is 60.3 Å². The summed E-state index contributed by atoms with van der Waals surface area (Å²) in [5.74, 6) is -0.306. The number of para-hydroxylation sites is 1. The number of aromatic nitrogens is 2. The largest absolute Gasteiger partial charge is 0.406 e. The third-order valence-corrected chi connectivity index (χ3v) is 5.02. The van der Waals surface area contributed by atoms with E-state index in [1.807, 2.05) is 6.07 Å². The molecule has 3 aromatic rings. The monoisotopic (exact) mass is 405 g/mol. The lowest BCUT2D eigenvalue weighted by Crippen LogP contribution is -2.24. The Kier molecular flexibility index (Phi) is 6.08. The maximum Gasteiger partial charge on any atom is 0.406 e. The average Bonchev–Trinajstić information content (AvgIpc) is 3.03. The number of rotatable bonds is 6. The van der Waals surface area contributed by atoms with E-state index in [-0.39, 0.29) is 11.1 Å². The van der Waals surface area contributed by atoms with Gasteiger partial charge in [-0.05, 0) is 24.6 Å². The van der Waals surface area contributed by atoms with Crippen LogP contribution in [0.15, 0.2) is 72.0 Å². The molecule has 1 aromatic heterocycles. The lowest BCUT2D eigenvalue weighted by molar-refractivity contribution is -0.141. The molecule has 0 fully saturated rings. The molecule has 0 spiro atoms. The first-order valence-electron chi connectivity index (χ1n) is 8.54. The van der Waals surface area contributed by atoms with Crippen LogP contribution in [0.3, 0.4) is 0 Å². The molecule has 0 aliphatic heterocycles. The van der Waals surface area contributed by atoms with Gasteiger partial charge in [0.05, 0.1) is 17.1 Å². The molecule has 1 atom stereocenters. The quantitative estimate of drug-likeness (QED) is 0.571. The molecule has 146 valence electrons. The number of carbonyl (C=O) groups excluding carboxylic acids is 1. The molecule has 1 heterocycles. The second-order valence-corrected chi connectivity index (χ2v) is 7.42. The first-order chi connectivity index (χ1) is 13.3. The Balaban J connectivity index is 1.82. The van der Waals surface area contributed by atoms with E-state index < -0.39 is 18.0 Å². The van der Waals surface area contributed by atoms with E-state index in [1.165, 1.54) is 6.20 Å². The smallest absolute Gasteiger partial charge is 0.325 e. The fourth-order valence-corrected chi connectivity index (χ4v) is 3.49. The highest BCUT2D eigenvalue weighted by atomic mass is 32.2. The molecule has 8 heteroatoms.